The molecule has 110 valence electrons. The van der Waals surface area contributed by atoms with Gasteiger partial charge < -0.3 is 10.1 Å². The van der Waals surface area contributed by atoms with Crippen molar-refractivity contribution in [2.75, 3.05) is 13.6 Å². The first-order chi connectivity index (χ1) is 10.3. The smallest absolute Gasteiger partial charge is 0.0873 e. The fourth-order valence-corrected chi connectivity index (χ4v) is 3.05. The van der Waals surface area contributed by atoms with Crippen LogP contribution in [0.1, 0.15) is 35.3 Å². The van der Waals surface area contributed by atoms with Crippen LogP contribution in [0.25, 0.3) is 0 Å². The van der Waals surface area contributed by atoms with Crippen LogP contribution >= 0.6 is 11.6 Å². The molecule has 0 bridgehead atoms. The molecule has 3 rings (SSSR count). The monoisotopic (exact) mass is 301 g/mol. The van der Waals surface area contributed by atoms with Crippen molar-refractivity contribution in [3.05, 3.63) is 70.2 Å². The van der Waals surface area contributed by atoms with Crippen molar-refractivity contribution in [1.82, 2.24) is 5.32 Å². The molecule has 0 fully saturated rings. The molecule has 2 unspecified atom stereocenters. The molecule has 0 radical (unpaired) electrons. The Morgan fingerprint density at radius 3 is 2.67 bits per heavy atom. The lowest BCUT2D eigenvalue weighted by Gasteiger charge is -2.32. The molecule has 0 amide bonds. The van der Waals surface area contributed by atoms with E-state index < -0.39 is 0 Å². The molecule has 21 heavy (non-hydrogen) atoms. The maximum absolute atomic E-state index is 6.36. The summed E-state index contributed by atoms with van der Waals surface area (Å²) in [6.07, 6.45) is 2.17. The summed E-state index contributed by atoms with van der Waals surface area (Å²) >= 11 is 5.98. The minimum Gasteiger partial charge on any atom is -0.365 e. The molecule has 1 N–H and O–H groups in total. The lowest BCUT2D eigenvalue weighted by molar-refractivity contribution is -0.0311. The van der Waals surface area contributed by atoms with Crippen LogP contribution < -0.4 is 5.32 Å². The van der Waals surface area contributed by atoms with Gasteiger partial charge in [0.1, 0.15) is 0 Å². The number of rotatable bonds is 4. The summed E-state index contributed by atoms with van der Waals surface area (Å²) in [7, 11) is 1.98. The number of nitrogens with one attached hydrogen (secondary N) is 1. The van der Waals surface area contributed by atoms with Crippen LogP contribution in [0, 0.1) is 0 Å². The van der Waals surface area contributed by atoms with Crippen molar-refractivity contribution in [3.8, 4) is 0 Å². The van der Waals surface area contributed by atoms with E-state index >= 15 is 0 Å². The van der Waals surface area contributed by atoms with Crippen molar-refractivity contribution in [1.29, 1.82) is 0 Å². The standard InChI is InChI=1S/C18H20ClNO/c1-20-11-10-17-16-5-3-2-4-14(16)12-18(21-17)13-6-8-15(19)9-7-13/h2-9,17-18,20H,10-12H2,1H3. The van der Waals surface area contributed by atoms with Gasteiger partial charge >= 0.3 is 0 Å². The third-order valence-corrected chi connectivity index (χ3v) is 4.29. The Hall–Kier alpha value is -1.35. The zero-order valence-corrected chi connectivity index (χ0v) is 12.9. The van der Waals surface area contributed by atoms with Gasteiger partial charge in [0.15, 0.2) is 0 Å². The summed E-state index contributed by atoms with van der Waals surface area (Å²) in [5.74, 6) is 0. The van der Waals surface area contributed by atoms with E-state index in [0.717, 1.165) is 24.4 Å². The van der Waals surface area contributed by atoms with E-state index in [2.05, 4.69) is 41.7 Å². The maximum atomic E-state index is 6.36. The summed E-state index contributed by atoms with van der Waals surface area (Å²) in [4.78, 5) is 0. The fourth-order valence-electron chi connectivity index (χ4n) is 2.93. The summed E-state index contributed by atoms with van der Waals surface area (Å²) in [5.41, 5.74) is 3.92. The molecule has 2 aromatic carbocycles. The number of halogens is 1. The van der Waals surface area contributed by atoms with E-state index in [4.69, 9.17) is 16.3 Å². The Bertz CT molecular complexity index is 596. The van der Waals surface area contributed by atoms with Crippen LogP contribution in [0.3, 0.4) is 0 Å². The number of fused-ring (bicyclic) bond motifs is 1. The van der Waals surface area contributed by atoms with Gasteiger partial charge in [0.25, 0.3) is 0 Å². The van der Waals surface area contributed by atoms with Gasteiger partial charge in [-0.15, -0.1) is 0 Å². The van der Waals surface area contributed by atoms with E-state index in [-0.39, 0.29) is 12.2 Å². The summed E-state index contributed by atoms with van der Waals surface area (Å²) < 4.78 is 6.36. The predicted molar refractivity (Wildman–Crippen MR) is 86.7 cm³/mol. The molecule has 0 aliphatic carbocycles. The van der Waals surface area contributed by atoms with Crippen LogP contribution in [0.4, 0.5) is 0 Å². The summed E-state index contributed by atoms with van der Waals surface area (Å²) in [6.45, 7) is 0.951. The average molecular weight is 302 g/mol. The minimum absolute atomic E-state index is 0.110. The molecule has 1 aliphatic rings. The highest BCUT2D eigenvalue weighted by Crippen LogP contribution is 2.38. The molecule has 0 saturated heterocycles. The quantitative estimate of drug-likeness (QED) is 0.909. The van der Waals surface area contributed by atoms with Gasteiger partial charge in [-0.1, -0.05) is 48.0 Å². The number of ether oxygens (including phenoxy) is 1. The van der Waals surface area contributed by atoms with Gasteiger partial charge in [0, 0.05) is 11.4 Å². The summed E-state index contributed by atoms with van der Waals surface area (Å²) in [5, 5.41) is 3.98. The fraction of sp³-hybridized carbons (Fsp3) is 0.333. The van der Waals surface area contributed by atoms with Crippen molar-refractivity contribution >= 4 is 11.6 Å². The lowest BCUT2D eigenvalue weighted by atomic mass is 9.90. The number of hydrogen-bond donors (Lipinski definition) is 1. The Balaban J connectivity index is 1.87. The Labute approximate surface area is 131 Å². The number of hydrogen-bond acceptors (Lipinski definition) is 2. The third kappa shape index (κ3) is 3.29. The van der Waals surface area contributed by atoms with Gasteiger partial charge in [-0.2, -0.15) is 0 Å². The highest BCUT2D eigenvalue weighted by Gasteiger charge is 2.27. The van der Waals surface area contributed by atoms with Crippen LogP contribution in [0.2, 0.25) is 5.02 Å². The second kappa shape index (κ2) is 6.61. The Morgan fingerprint density at radius 2 is 1.90 bits per heavy atom. The zero-order chi connectivity index (χ0) is 14.7. The van der Waals surface area contributed by atoms with Crippen molar-refractivity contribution in [3.63, 3.8) is 0 Å². The first-order valence-electron chi connectivity index (χ1n) is 7.41. The van der Waals surface area contributed by atoms with Crippen LogP contribution in [-0.2, 0) is 11.2 Å². The molecule has 2 aromatic rings. The summed E-state index contributed by atoms with van der Waals surface area (Å²) in [6, 6.07) is 16.6. The van der Waals surface area contributed by atoms with E-state index in [1.54, 1.807) is 0 Å². The van der Waals surface area contributed by atoms with Crippen LogP contribution in [-0.4, -0.2) is 13.6 Å². The third-order valence-electron chi connectivity index (χ3n) is 4.03. The molecule has 0 spiro atoms. The van der Waals surface area contributed by atoms with Gasteiger partial charge in [-0.3, -0.25) is 0 Å². The largest absolute Gasteiger partial charge is 0.365 e. The minimum atomic E-state index is 0.110. The molecular formula is C18H20ClNO. The molecule has 0 aromatic heterocycles. The molecule has 2 atom stereocenters. The van der Waals surface area contributed by atoms with Gasteiger partial charge in [-0.25, -0.2) is 0 Å². The lowest BCUT2D eigenvalue weighted by Crippen LogP contribution is -2.23. The molecule has 2 nitrogen and oxygen atoms in total. The molecule has 1 aliphatic heterocycles. The van der Waals surface area contributed by atoms with Crippen molar-refractivity contribution in [2.24, 2.45) is 0 Å². The molecular weight excluding hydrogens is 282 g/mol. The molecule has 3 heteroatoms. The predicted octanol–water partition coefficient (Wildman–Crippen LogP) is 4.30. The molecule has 1 heterocycles. The van der Waals surface area contributed by atoms with Crippen molar-refractivity contribution in [2.45, 2.75) is 25.0 Å². The van der Waals surface area contributed by atoms with E-state index in [1.807, 2.05) is 19.2 Å². The Morgan fingerprint density at radius 1 is 1.14 bits per heavy atom. The maximum Gasteiger partial charge on any atom is 0.0873 e. The van der Waals surface area contributed by atoms with E-state index in [1.165, 1.54) is 16.7 Å². The number of benzene rings is 2. The first kappa shape index (κ1) is 14.6. The van der Waals surface area contributed by atoms with Gasteiger partial charge in [-0.05, 0) is 48.8 Å². The second-order valence-corrected chi connectivity index (χ2v) is 5.90. The average Bonchev–Trinajstić information content (AvgIpc) is 2.53. The zero-order valence-electron chi connectivity index (χ0n) is 12.2. The van der Waals surface area contributed by atoms with Crippen molar-refractivity contribution < 1.29 is 4.74 Å². The highest BCUT2D eigenvalue weighted by molar-refractivity contribution is 6.30. The SMILES string of the molecule is CNCCC1OC(c2ccc(Cl)cc2)Cc2ccccc21. The van der Waals surface area contributed by atoms with Crippen LogP contribution in [0.15, 0.2) is 48.5 Å². The second-order valence-electron chi connectivity index (χ2n) is 5.46. The topological polar surface area (TPSA) is 21.3 Å². The highest BCUT2D eigenvalue weighted by atomic mass is 35.5. The normalized spacial score (nSPS) is 21.0. The van der Waals surface area contributed by atoms with Gasteiger partial charge in [0.05, 0.1) is 12.2 Å². The Kier molecular flexibility index (Phi) is 4.59. The molecule has 0 saturated carbocycles. The van der Waals surface area contributed by atoms with Crippen LogP contribution in [0.5, 0.6) is 0 Å². The first-order valence-corrected chi connectivity index (χ1v) is 7.79. The van der Waals surface area contributed by atoms with E-state index in [9.17, 15) is 0 Å². The van der Waals surface area contributed by atoms with Gasteiger partial charge in [0.2, 0.25) is 0 Å². The van der Waals surface area contributed by atoms with E-state index in [0.29, 0.717) is 0 Å².